The van der Waals surface area contributed by atoms with Crippen LogP contribution in [-0.4, -0.2) is 28.4 Å². The van der Waals surface area contributed by atoms with Crippen LogP contribution in [0.3, 0.4) is 0 Å². The molecular formula is C12H14BrClN2OS. The van der Waals surface area contributed by atoms with E-state index in [2.05, 4.69) is 15.9 Å². The van der Waals surface area contributed by atoms with Crippen LogP contribution in [-0.2, 0) is 0 Å². The maximum atomic E-state index is 12.4. The molecule has 0 atom stereocenters. The number of nitrogens with two attached hydrogens (primary N) is 1. The second-order valence-electron chi connectivity index (χ2n) is 4.12. The van der Waals surface area contributed by atoms with E-state index in [4.69, 9.17) is 29.6 Å². The number of nitrogens with zero attached hydrogens (tertiary/aromatic N) is 1. The van der Waals surface area contributed by atoms with Crippen molar-refractivity contribution in [3.63, 3.8) is 0 Å². The molecule has 0 unspecified atom stereocenters. The molecule has 0 saturated heterocycles. The van der Waals surface area contributed by atoms with Crippen LogP contribution in [0.15, 0.2) is 22.7 Å². The SMILES string of the molecule is CC(C)N(CC(N)=S)C(=O)c1ccc(Cl)cc1Br. The molecule has 1 amide bonds. The number of hydrogen-bond acceptors (Lipinski definition) is 2. The van der Waals surface area contributed by atoms with Crippen LogP contribution in [0.1, 0.15) is 24.2 Å². The van der Waals surface area contributed by atoms with Crippen LogP contribution in [0.5, 0.6) is 0 Å². The zero-order valence-corrected chi connectivity index (χ0v) is 13.3. The maximum absolute atomic E-state index is 12.4. The Hall–Kier alpha value is -0.650. The summed E-state index contributed by atoms with van der Waals surface area (Å²) in [5.74, 6) is -0.124. The predicted octanol–water partition coefficient (Wildman–Crippen LogP) is 3.24. The van der Waals surface area contributed by atoms with E-state index in [1.165, 1.54) is 0 Å². The predicted molar refractivity (Wildman–Crippen MR) is 82.1 cm³/mol. The van der Waals surface area contributed by atoms with E-state index in [9.17, 15) is 4.79 Å². The van der Waals surface area contributed by atoms with Gasteiger partial charge in [0.15, 0.2) is 0 Å². The largest absolute Gasteiger partial charge is 0.392 e. The van der Waals surface area contributed by atoms with Crippen molar-refractivity contribution < 1.29 is 4.79 Å². The zero-order chi connectivity index (χ0) is 13.9. The first-order chi connectivity index (χ1) is 8.32. The summed E-state index contributed by atoms with van der Waals surface area (Å²) in [5.41, 5.74) is 6.06. The molecule has 0 spiro atoms. The highest BCUT2D eigenvalue weighted by molar-refractivity contribution is 9.10. The molecule has 0 aromatic heterocycles. The molecule has 0 aliphatic rings. The van der Waals surface area contributed by atoms with Crippen LogP contribution in [0.25, 0.3) is 0 Å². The average molecular weight is 350 g/mol. The van der Waals surface area contributed by atoms with Gasteiger partial charge in [-0.05, 0) is 48.0 Å². The molecule has 0 saturated carbocycles. The lowest BCUT2D eigenvalue weighted by atomic mass is 10.1. The maximum Gasteiger partial charge on any atom is 0.255 e. The first-order valence-electron chi connectivity index (χ1n) is 5.37. The minimum Gasteiger partial charge on any atom is -0.392 e. The van der Waals surface area contributed by atoms with E-state index in [0.717, 1.165) is 0 Å². The van der Waals surface area contributed by atoms with Gasteiger partial charge in [0.25, 0.3) is 5.91 Å². The van der Waals surface area contributed by atoms with E-state index < -0.39 is 0 Å². The van der Waals surface area contributed by atoms with Crippen molar-refractivity contribution in [3.05, 3.63) is 33.3 Å². The topological polar surface area (TPSA) is 46.3 Å². The summed E-state index contributed by atoms with van der Waals surface area (Å²) in [5, 5.41) is 0.573. The third-order valence-electron chi connectivity index (χ3n) is 2.37. The number of hydrogen-bond donors (Lipinski definition) is 1. The summed E-state index contributed by atoms with van der Waals surface area (Å²) >= 11 is 14.1. The van der Waals surface area contributed by atoms with Crippen LogP contribution in [0.4, 0.5) is 0 Å². The normalized spacial score (nSPS) is 10.5. The van der Waals surface area contributed by atoms with E-state index in [1.807, 2.05) is 13.8 Å². The number of carbonyl (C=O) groups excluding carboxylic acids is 1. The van der Waals surface area contributed by atoms with E-state index >= 15 is 0 Å². The molecule has 0 fully saturated rings. The molecule has 1 aromatic rings. The van der Waals surface area contributed by atoms with Gasteiger partial charge < -0.3 is 10.6 Å². The second kappa shape index (κ2) is 6.50. The van der Waals surface area contributed by atoms with Gasteiger partial charge in [0.2, 0.25) is 0 Å². The van der Waals surface area contributed by atoms with E-state index in [0.29, 0.717) is 20.0 Å². The van der Waals surface area contributed by atoms with Gasteiger partial charge in [-0.25, -0.2) is 0 Å². The number of rotatable bonds is 4. The minimum absolute atomic E-state index is 0.0154. The van der Waals surface area contributed by atoms with Gasteiger partial charge in [-0.1, -0.05) is 23.8 Å². The van der Waals surface area contributed by atoms with E-state index in [1.54, 1.807) is 23.1 Å². The van der Waals surface area contributed by atoms with Crippen molar-refractivity contribution >= 4 is 50.6 Å². The molecular weight excluding hydrogens is 336 g/mol. The summed E-state index contributed by atoms with van der Waals surface area (Å²) in [6, 6.07) is 5.07. The summed E-state index contributed by atoms with van der Waals surface area (Å²) in [6.07, 6.45) is 0. The van der Waals surface area contributed by atoms with Crippen LogP contribution in [0.2, 0.25) is 5.02 Å². The monoisotopic (exact) mass is 348 g/mol. The lowest BCUT2D eigenvalue weighted by Gasteiger charge is -2.26. The Kier molecular flexibility index (Phi) is 5.56. The fraction of sp³-hybridized carbons (Fsp3) is 0.333. The molecule has 0 aliphatic carbocycles. The van der Waals surface area contributed by atoms with Crippen molar-refractivity contribution in [3.8, 4) is 0 Å². The van der Waals surface area contributed by atoms with Gasteiger partial charge in [-0.3, -0.25) is 4.79 Å². The Balaban J connectivity index is 3.05. The molecule has 98 valence electrons. The number of thiocarbonyl (C=S) groups is 1. The lowest BCUT2D eigenvalue weighted by Crippen LogP contribution is -2.42. The number of carbonyl (C=O) groups is 1. The Morgan fingerprint density at radius 1 is 1.56 bits per heavy atom. The fourth-order valence-electron chi connectivity index (χ4n) is 1.47. The number of amides is 1. The Bertz CT molecular complexity index is 479. The first kappa shape index (κ1) is 15.4. The number of halogens is 2. The van der Waals surface area contributed by atoms with Crippen molar-refractivity contribution in [2.24, 2.45) is 5.73 Å². The molecule has 0 radical (unpaired) electrons. The summed E-state index contributed by atoms with van der Waals surface area (Å²) in [6.45, 7) is 4.10. The summed E-state index contributed by atoms with van der Waals surface area (Å²) in [7, 11) is 0. The smallest absolute Gasteiger partial charge is 0.255 e. The van der Waals surface area contributed by atoms with Gasteiger partial charge in [0.1, 0.15) is 0 Å². The molecule has 3 nitrogen and oxygen atoms in total. The Morgan fingerprint density at radius 3 is 2.61 bits per heavy atom. The second-order valence-corrected chi connectivity index (χ2v) is 5.93. The van der Waals surface area contributed by atoms with Crippen LogP contribution in [0, 0.1) is 0 Å². The summed E-state index contributed by atoms with van der Waals surface area (Å²) in [4.78, 5) is 14.3. The highest BCUT2D eigenvalue weighted by Crippen LogP contribution is 2.23. The van der Waals surface area contributed by atoms with Crippen molar-refractivity contribution in [1.29, 1.82) is 0 Å². The Labute approximate surface area is 125 Å². The third kappa shape index (κ3) is 3.93. The molecule has 6 heteroatoms. The average Bonchev–Trinajstić information content (AvgIpc) is 2.24. The van der Waals surface area contributed by atoms with E-state index in [-0.39, 0.29) is 18.5 Å². The zero-order valence-electron chi connectivity index (χ0n) is 10.1. The minimum atomic E-state index is -0.124. The van der Waals surface area contributed by atoms with Gasteiger partial charge in [0.05, 0.1) is 17.1 Å². The van der Waals surface area contributed by atoms with Gasteiger partial charge >= 0.3 is 0 Å². The molecule has 1 aromatic carbocycles. The van der Waals surface area contributed by atoms with Gasteiger partial charge in [-0.15, -0.1) is 0 Å². The van der Waals surface area contributed by atoms with Crippen LogP contribution < -0.4 is 5.73 Å². The number of benzene rings is 1. The van der Waals surface area contributed by atoms with Crippen molar-refractivity contribution in [1.82, 2.24) is 4.90 Å². The standard InChI is InChI=1S/C12H14BrClN2OS/c1-7(2)16(6-11(15)18)12(17)9-4-3-8(14)5-10(9)13/h3-5,7H,6H2,1-2H3,(H2,15,18). The van der Waals surface area contributed by atoms with Crippen LogP contribution >= 0.6 is 39.7 Å². The molecule has 18 heavy (non-hydrogen) atoms. The first-order valence-corrected chi connectivity index (χ1v) is 6.95. The lowest BCUT2D eigenvalue weighted by molar-refractivity contribution is 0.0735. The molecule has 0 bridgehead atoms. The van der Waals surface area contributed by atoms with Crippen molar-refractivity contribution in [2.75, 3.05) is 6.54 Å². The van der Waals surface area contributed by atoms with Gasteiger partial charge in [-0.2, -0.15) is 0 Å². The molecule has 0 heterocycles. The molecule has 2 N–H and O–H groups in total. The molecule has 1 rings (SSSR count). The fourth-order valence-corrected chi connectivity index (χ4v) is 2.47. The molecule has 0 aliphatic heterocycles. The highest BCUT2D eigenvalue weighted by atomic mass is 79.9. The summed E-state index contributed by atoms with van der Waals surface area (Å²) < 4.78 is 0.661. The van der Waals surface area contributed by atoms with Gasteiger partial charge in [0, 0.05) is 15.5 Å². The Morgan fingerprint density at radius 2 is 2.17 bits per heavy atom. The highest BCUT2D eigenvalue weighted by Gasteiger charge is 2.21. The van der Waals surface area contributed by atoms with Crippen molar-refractivity contribution in [2.45, 2.75) is 19.9 Å². The third-order valence-corrected chi connectivity index (χ3v) is 3.39. The quantitative estimate of drug-likeness (QED) is 0.849.